The van der Waals surface area contributed by atoms with Crippen molar-refractivity contribution in [2.24, 2.45) is 0 Å². The number of anilines is 1. The standard InChI is InChI=1S/C14H20N6O2/c1-5-9(2)15-14(21)16-11-6-7-13(22-4)12(8-11)20-10(3)17-18-19-20/h6-9H,5H2,1-4H3,(H2,15,16,21). The lowest BCUT2D eigenvalue weighted by Crippen LogP contribution is -2.35. The summed E-state index contributed by atoms with van der Waals surface area (Å²) in [6, 6.07) is 5.14. The molecule has 0 aliphatic heterocycles. The van der Waals surface area contributed by atoms with Crippen molar-refractivity contribution in [3.63, 3.8) is 0 Å². The summed E-state index contributed by atoms with van der Waals surface area (Å²) in [6.07, 6.45) is 0.866. The zero-order chi connectivity index (χ0) is 16.1. The van der Waals surface area contributed by atoms with E-state index in [-0.39, 0.29) is 12.1 Å². The molecule has 0 bridgehead atoms. The van der Waals surface area contributed by atoms with Crippen LogP contribution < -0.4 is 15.4 Å². The quantitative estimate of drug-likeness (QED) is 0.880. The molecule has 2 aromatic rings. The van der Waals surface area contributed by atoms with Crippen LogP contribution in [-0.4, -0.2) is 39.4 Å². The molecule has 8 nitrogen and oxygen atoms in total. The van der Waals surface area contributed by atoms with E-state index in [4.69, 9.17) is 4.74 Å². The molecule has 0 spiro atoms. The predicted molar refractivity (Wildman–Crippen MR) is 82.4 cm³/mol. The molecule has 2 N–H and O–H groups in total. The van der Waals surface area contributed by atoms with Gasteiger partial charge in [0.15, 0.2) is 5.82 Å². The van der Waals surface area contributed by atoms with E-state index in [0.29, 0.717) is 22.9 Å². The third kappa shape index (κ3) is 3.51. The maximum atomic E-state index is 11.9. The van der Waals surface area contributed by atoms with Crippen LogP contribution in [-0.2, 0) is 0 Å². The molecule has 1 aromatic carbocycles. The van der Waals surface area contributed by atoms with E-state index in [1.165, 1.54) is 0 Å². The minimum atomic E-state index is -0.251. The summed E-state index contributed by atoms with van der Waals surface area (Å²) in [5.41, 5.74) is 1.29. The Morgan fingerprint density at radius 1 is 1.45 bits per heavy atom. The normalized spacial score (nSPS) is 11.8. The van der Waals surface area contributed by atoms with E-state index in [9.17, 15) is 4.79 Å². The van der Waals surface area contributed by atoms with Gasteiger partial charge in [-0.3, -0.25) is 0 Å². The van der Waals surface area contributed by atoms with Gasteiger partial charge in [-0.1, -0.05) is 6.92 Å². The van der Waals surface area contributed by atoms with Crippen molar-refractivity contribution < 1.29 is 9.53 Å². The molecule has 0 saturated heterocycles. The lowest BCUT2D eigenvalue weighted by atomic mass is 10.2. The molecule has 22 heavy (non-hydrogen) atoms. The highest BCUT2D eigenvalue weighted by Crippen LogP contribution is 2.26. The number of carbonyl (C=O) groups is 1. The zero-order valence-corrected chi connectivity index (χ0v) is 13.1. The molecule has 0 aliphatic carbocycles. The molecule has 1 heterocycles. The van der Waals surface area contributed by atoms with Crippen molar-refractivity contribution in [2.45, 2.75) is 33.2 Å². The number of methoxy groups -OCH3 is 1. The fraction of sp³-hybridized carbons (Fsp3) is 0.429. The number of amides is 2. The van der Waals surface area contributed by atoms with Crippen molar-refractivity contribution in [3.8, 4) is 11.4 Å². The summed E-state index contributed by atoms with van der Waals surface area (Å²) < 4.78 is 6.87. The van der Waals surface area contributed by atoms with Crippen molar-refractivity contribution in [1.29, 1.82) is 0 Å². The minimum Gasteiger partial charge on any atom is -0.494 e. The van der Waals surface area contributed by atoms with Crippen molar-refractivity contribution in [2.75, 3.05) is 12.4 Å². The van der Waals surface area contributed by atoms with Crippen LogP contribution in [0.5, 0.6) is 5.75 Å². The highest BCUT2D eigenvalue weighted by molar-refractivity contribution is 5.90. The van der Waals surface area contributed by atoms with Gasteiger partial charge in [-0.2, -0.15) is 4.68 Å². The van der Waals surface area contributed by atoms with Gasteiger partial charge in [-0.05, 0) is 48.9 Å². The smallest absolute Gasteiger partial charge is 0.319 e. The summed E-state index contributed by atoms with van der Waals surface area (Å²) in [5.74, 6) is 1.24. The number of benzene rings is 1. The maximum Gasteiger partial charge on any atom is 0.319 e. The third-order valence-electron chi connectivity index (χ3n) is 3.28. The second kappa shape index (κ2) is 6.88. The molecule has 118 valence electrons. The Morgan fingerprint density at radius 3 is 2.82 bits per heavy atom. The Morgan fingerprint density at radius 2 is 2.23 bits per heavy atom. The molecule has 0 aliphatic rings. The fourth-order valence-electron chi connectivity index (χ4n) is 1.88. The van der Waals surface area contributed by atoms with Gasteiger partial charge < -0.3 is 15.4 Å². The summed E-state index contributed by atoms with van der Waals surface area (Å²) in [4.78, 5) is 11.9. The van der Waals surface area contributed by atoms with Gasteiger partial charge in [-0.15, -0.1) is 5.10 Å². The summed E-state index contributed by atoms with van der Waals surface area (Å²) >= 11 is 0. The van der Waals surface area contributed by atoms with Crippen LogP contribution >= 0.6 is 0 Å². The van der Waals surface area contributed by atoms with Gasteiger partial charge in [0, 0.05) is 11.7 Å². The van der Waals surface area contributed by atoms with Crippen LogP contribution in [0, 0.1) is 6.92 Å². The number of tetrazole rings is 1. The van der Waals surface area contributed by atoms with E-state index < -0.39 is 0 Å². The largest absolute Gasteiger partial charge is 0.494 e. The van der Waals surface area contributed by atoms with Crippen LogP contribution in [0.2, 0.25) is 0 Å². The Labute approximate surface area is 128 Å². The van der Waals surface area contributed by atoms with Gasteiger partial charge in [0.2, 0.25) is 0 Å². The van der Waals surface area contributed by atoms with Crippen LogP contribution in [0.15, 0.2) is 18.2 Å². The van der Waals surface area contributed by atoms with Gasteiger partial charge in [-0.25, -0.2) is 4.79 Å². The highest BCUT2D eigenvalue weighted by Gasteiger charge is 2.12. The summed E-state index contributed by atoms with van der Waals surface area (Å²) in [7, 11) is 1.57. The first-order valence-corrected chi connectivity index (χ1v) is 7.06. The topological polar surface area (TPSA) is 94.0 Å². The molecule has 2 amide bonds. The Hall–Kier alpha value is -2.64. The number of aromatic nitrogens is 4. The number of hydrogen-bond acceptors (Lipinski definition) is 5. The van der Waals surface area contributed by atoms with Crippen molar-refractivity contribution >= 4 is 11.7 Å². The van der Waals surface area contributed by atoms with Gasteiger partial charge >= 0.3 is 6.03 Å². The van der Waals surface area contributed by atoms with Crippen LogP contribution in [0.4, 0.5) is 10.5 Å². The Balaban J connectivity index is 2.24. The minimum absolute atomic E-state index is 0.111. The SMILES string of the molecule is CCC(C)NC(=O)Nc1ccc(OC)c(-n2nnnc2C)c1. The van der Waals surface area contributed by atoms with Crippen LogP contribution in [0.3, 0.4) is 0 Å². The first-order chi connectivity index (χ1) is 10.5. The highest BCUT2D eigenvalue weighted by atomic mass is 16.5. The molecule has 0 saturated carbocycles. The Kier molecular flexibility index (Phi) is 4.92. The average molecular weight is 304 g/mol. The first kappa shape index (κ1) is 15.7. The second-order valence-electron chi connectivity index (χ2n) is 4.93. The monoisotopic (exact) mass is 304 g/mol. The number of hydrogen-bond donors (Lipinski definition) is 2. The van der Waals surface area contributed by atoms with Crippen molar-refractivity contribution in [1.82, 2.24) is 25.5 Å². The molecule has 1 atom stereocenters. The van der Waals surface area contributed by atoms with E-state index in [1.807, 2.05) is 13.8 Å². The molecular weight excluding hydrogens is 284 g/mol. The van der Waals surface area contributed by atoms with Crippen molar-refractivity contribution in [3.05, 3.63) is 24.0 Å². The molecule has 0 fully saturated rings. The third-order valence-corrected chi connectivity index (χ3v) is 3.28. The number of nitrogens with one attached hydrogen (secondary N) is 2. The first-order valence-electron chi connectivity index (χ1n) is 7.06. The zero-order valence-electron chi connectivity index (χ0n) is 13.1. The van der Waals surface area contributed by atoms with E-state index in [1.54, 1.807) is 36.9 Å². The molecule has 1 unspecified atom stereocenters. The molecule has 1 aromatic heterocycles. The molecule has 2 rings (SSSR count). The predicted octanol–water partition coefficient (Wildman–Crippen LogP) is 1.90. The second-order valence-corrected chi connectivity index (χ2v) is 4.93. The number of ether oxygens (including phenoxy) is 1. The van der Waals surface area contributed by atoms with Gasteiger partial charge in [0.25, 0.3) is 0 Å². The fourth-order valence-corrected chi connectivity index (χ4v) is 1.88. The Bertz CT molecular complexity index is 655. The van der Waals surface area contributed by atoms with Crippen LogP contribution in [0.1, 0.15) is 26.1 Å². The van der Waals surface area contributed by atoms with E-state index >= 15 is 0 Å². The average Bonchev–Trinajstić information content (AvgIpc) is 2.92. The number of urea groups is 1. The summed E-state index contributed by atoms with van der Waals surface area (Å²) in [5, 5.41) is 17.0. The molecular formula is C14H20N6O2. The maximum absolute atomic E-state index is 11.9. The van der Waals surface area contributed by atoms with E-state index in [2.05, 4.69) is 26.2 Å². The molecule has 8 heteroatoms. The van der Waals surface area contributed by atoms with E-state index in [0.717, 1.165) is 6.42 Å². The number of aryl methyl sites for hydroxylation is 1. The van der Waals surface area contributed by atoms with Crippen LogP contribution in [0.25, 0.3) is 5.69 Å². The number of carbonyl (C=O) groups excluding carboxylic acids is 1. The summed E-state index contributed by atoms with van der Waals surface area (Å²) in [6.45, 7) is 5.75. The van der Waals surface area contributed by atoms with Gasteiger partial charge in [0.1, 0.15) is 11.4 Å². The number of nitrogens with zero attached hydrogens (tertiary/aromatic N) is 4. The lowest BCUT2D eigenvalue weighted by molar-refractivity contribution is 0.249. The van der Waals surface area contributed by atoms with Gasteiger partial charge in [0.05, 0.1) is 7.11 Å². The lowest BCUT2D eigenvalue weighted by Gasteiger charge is -2.14. The molecule has 0 radical (unpaired) electrons. The number of rotatable bonds is 5.